The normalized spacial score (nSPS) is 11.3. The lowest BCUT2D eigenvalue weighted by atomic mass is 9.88. The molecule has 0 unspecified atom stereocenters. The number of hydrogen-bond donors (Lipinski definition) is 0. The van der Waals surface area contributed by atoms with Gasteiger partial charge >= 0.3 is 0 Å². The van der Waals surface area contributed by atoms with Crippen LogP contribution in [0.25, 0.3) is 45.6 Å². The maximum atomic E-state index is 10.8. The Kier molecular flexibility index (Phi) is 12.1. The molecule has 0 saturated heterocycles. The van der Waals surface area contributed by atoms with Crippen LogP contribution in [0.1, 0.15) is 22.3 Å². The maximum Gasteiger partial charge on any atom is 0.0998 e. The van der Waals surface area contributed by atoms with Gasteiger partial charge in [-0.25, -0.2) is 0 Å². The molecule has 9 rings (SSSR count). The molecule has 4 nitrogen and oxygen atoms in total. The van der Waals surface area contributed by atoms with Gasteiger partial charge in [-0.1, -0.05) is 158 Å². The number of hydrogen-bond acceptors (Lipinski definition) is 4. The predicted molar refractivity (Wildman–Crippen MR) is 267 cm³/mol. The van der Waals surface area contributed by atoms with Crippen molar-refractivity contribution in [3.05, 3.63) is 265 Å². The van der Waals surface area contributed by atoms with Gasteiger partial charge in [0.25, 0.3) is 0 Å². The topological polar surface area (TPSA) is 54.1 Å². The average Bonchev–Trinajstić information content (AvgIpc) is 3.37. The zero-order valence-electron chi connectivity index (χ0n) is 35.0. The van der Waals surface area contributed by atoms with Crippen molar-refractivity contribution in [1.29, 1.82) is 10.5 Å². The van der Waals surface area contributed by atoms with Crippen molar-refractivity contribution in [2.45, 2.75) is 0 Å². The van der Waals surface area contributed by atoms with Gasteiger partial charge in [0.15, 0.2) is 0 Å². The second-order valence-electron chi connectivity index (χ2n) is 15.2. The second kappa shape index (κ2) is 19.2. The molecule has 4 heteroatoms. The Balaban J connectivity index is 1.13. The minimum Gasteiger partial charge on any atom is -0.311 e. The summed E-state index contributed by atoms with van der Waals surface area (Å²) in [6.45, 7) is 0. The van der Waals surface area contributed by atoms with Crippen molar-refractivity contribution in [2.75, 3.05) is 9.80 Å². The molecule has 64 heavy (non-hydrogen) atoms. The molecule has 0 atom stereocenters. The van der Waals surface area contributed by atoms with E-state index in [4.69, 9.17) is 0 Å². The molecule has 0 heterocycles. The highest BCUT2D eigenvalue weighted by molar-refractivity contribution is 5.99. The van der Waals surface area contributed by atoms with Gasteiger partial charge in [-0.3, -0.25) is 0 Å². The first-order valence-corrected chi connectivity index (χ1v) is 21.2. The van der Waals surface area contributed by atoms with Crippen LogP contribution in [0.5, 0.6) is 0 Å². The smallest absolute Gasteiger partial charge is 0.0998 e. The quantitative estimate of drug-likeness (QED) is 0.0910. The number of nitriles is 2. The van der Waals surface area contributed by atoms with Gasteiger partial charge in [0.1, 0.15) is 0 Å². The largest absolute Gasteiger partial charge is 0.311 e. The molecule has 0 amide bonds. The number of rotatable bonds is 12. The van der Waals surface area contributed by atoms with Crippen molar-refractivity contribution in [2.24, 2.45) is 0 Å². The number of nitrogens with zero attached hydrogens (tertiary/aromatic N) is 4. The molecule has 0 radical (unpaired) electrons. The summed E-state index contributed by atoms with van der Waals surface area (Å²) in [7, 11) is 0. The third-order valence-corrected chi connectivity index (χ3v) is 11.2. The van der Waals surface area contributed by atoms with Gasteiger partial charge < -0.3 is 9.80 Å². The summed E-state index contributed by atoms with van der Waals surface area (Å²) in [5.74, 6) is 0. The monoisotopic (exact) mass is 818 g/mol. The van der Waals surface area contributed by atoms with Crippen molar-refractivity contribution >= 4 is 57.4 Å². The Hall–Kier alpha value is -8.96. The molecule has 0 aliphatic rings. The van der Waals surface area contributed by atoms with Crippen molar-refractivity contribution < 1.29 is 0 Å². The SMILES string of the molecule is N#CC(=Cc1cc(-c2ccccc2)c(C=C(C#N)c2ccc(N(c3ccccc3)c3ccccc3)cc2)cc1-c1ccccc1)c1ccc(N(c2ccccc2)c2ccccc2)cc1. The molecule has 0 fully saturated rings. The molecule has 0 aliphatic heterocycles. The molecule has 9 aromatic carbocycles. The summed E-state index contributed by atoms with van der Waals surface area (Å²) in [6.07, 6.45) is 3.97. The van der Waals surface area contributed by atoms with Crippen molar-refractivity contribution in [3.63, 3.8) is 0 Å². The van der Waals surface area contributed by atoms with E-state index in [1.54, 1.807) is 0 Å². The van der Waals surface area contributed by atoms with E-state index in [2.05, 4.69) is 131 Å². The van der Waals surface area contributed by atoms with E-state index >= 15 is 0 Å². The molecule has 302 valence electrons. The minimum atomic E-state index is 0.537. The standard InChI is InChI=1S/C60H42N4/c61-43-51(45-31-35-57(36-32-45)63(53-23-11-3-12-24-53)54-25-13-4-14-26-54)39-49-42-60(48-21-9-2-10-22-48)50(41-59(49)47-19-7-1-8-20-47)40-52(44-62)46-33-37-58(38-34-46)64(55-27-15-5-16-28-55)56-29-17-6-18-30-56/h1-42H. The molecule has 0 spiro atoms. The summed E-state index contributed by atoms with van der Waals surface area (Å²) in [6, 6.07) is 87.2. The van der Waals surface area contributed by atoms with Crippen LogP contribution in [0, 0.1) is 22.7 Å². The Morgan fingerprint density at radius 2 is 0.562 bits per heavy atom. The fourth-order valence-electron chi connectivity index (χ4n) is 8.06. The molecule has 0 aliphatic carbocycles. The zero-order chi connectivity index (χ0) is 43.5. The highest BCUT2D eigenvalue weighted by Gasteiger charge is 2.17. The van der Waals surface area contributed by atoms with Gasteiger partial charge in [-0.15, -0.1) is 0 Å². The van der Waals surface area contributed by atoms with Crippen LogP contribution in [0.2, 0.25) is 0 Å². The third-order valence-electron chi connectivity index (χ3n) is 11.2. The van der Waals surface area contributed by atoms with Crippen molar-refractivity contribution in [3.8, 4) is 34.4 Å². The zero-order valence-corrected chi connectivity index (χ0v) is 35.0. The van der Waals surface area contributed by atoms with Crippen LogP contribution >= 0.6 is 0 Å². The first-order chi connectivity index (χ1) is 31.7. The molecule has 9 aromatic rings. The van der Waals surface area contributed by atoms with E-state index in [0.717, 1.165) is 78.6 Å². The lowest BCUT2D eigenvalue weighted by Gasteiger charge is -2.25. The average molecular weight is 819 g/mol. The molecular formula is C60H42N4. The van der Waals surface area contributed by atoms with Crippen LogP contribution < -0.4 is 9.80 Å². The fourth-order valence-corrected chi connectivity index (χ4v) is 8.06. The molecule has 0 saturated carbocycles. The van der Waals surface area contributed by atoms with Crippen LogP contribution in [-0.2, 0) is 0 Å². The molecular weight excluding hydrogens is 777 g/mol. The maximum absolute atomic E-state index is 10.8. The number of anilines is 6. The Bertz CT molecular complexity index is 2820. The number of allylic oxidation sites excluding steroid dienone is 2. The van der Waals surface area contributed by atoms with E-state index in [-0.39, 0.29) is 0 Å². The van der Waals surface area contributed by atoms with E-state index in [1.165, 1.54) is 0 Å². The first-order valence-electron chi connectivity index (χ1n) is 21.2. The third kappa shape index (κ3) is 8.90. The van der Waals surface area contributed by atoms with Gasteiger partial charge in [0, 0.05) is 34.1 Å². The summed E-state index contributed by atoms with van der Waals surface area (Å²) < 4.78 is 0. The molecule has 0 N–H and O–H groups in total. The van der Waals surface area contributed by atoms with Crippen LogP contribution in [0.4, 0.5) is 34.1 Å². The predicted octanol–water partition coefficient (Wildman–Crippen LogP) is 16.1. The van der Waals surface area contributed by atoms with Gasteiger partial charge in [0.05, 0.1) is 23.3 Å². The van der Waals surface area contributed by atoms with Gasteiger partial charge in [-0.05, 0) is 142 Å². The molecule has 0 aromatic heterocycles. The Labute approximate surface area is 375 Å². The molecule has 0 bridgehead atoms. The van der Waals surface area contributed by atoms with Crippen molar-refractivity contribution in [1.82, 2.24) is 0 Å². The number of benzene rings is 9. The fraction of sp³-hybridized carbons (Fsp3) is 0. The van der Waals surface area contributed by atoms with Crippen LogP contribution in [-0.4, -0.2) is 0 Å². The summed E-state index contributed by atoms with van der Waals surface area (Å²) in [5.41, 5.74) is 14.5. The minimum absolute atomic E-state index is 0.537. The summed E-state index contributed by atoms with van der Waals surface area (Å²) >= 11 is 0. The Morgan fingerprint density at radius 1 is 0.312 bits per heavy atom. The van der Waals surface area contributed by atoms with Crippen LogP contribution in [0.3, 0.4) is 0 Å². The van der Waals surface area contributed by atoms with Gasteiger partial charge in [-0.2, -0.15) is 10.5 Å². The lowest BCUT2D eigenvalue weighted by molar-refractivity contribution is 1.28. The summed E-state index contributed by atoms with van der Waals surface area (Å²) in [5, 5.41) is 21.5. The lowest BCUT2D eigenvalue weighted by Crippen LogP contribution is -2.09. The summed E-state index contributed by atoms with van der Waals surface area (Å²) in [4.78, 5) is 4.42. The highest BCUT2D eigenvalue weighted by Crippen LogP contribution is 2.39. The highest BCUT2D eigenvalue weighted by atomic mass is 15.1. The van der Waals surface area contributed by atoms with Crippen LogP contribution in [0.15, 0.2) is 243 Å². The van der Waals surface area contributed by atoms with E-state index in [0.29, 0.717) is 11.1 Å². The Morgan fingerprint density at radius 3 is 0.828 bits per heavy atom. The number of para-hydroxylation sites is 4. The second-order valence-corrected chi connectivity index (χ2v) is 15.2. The first kappa shape index (κ1) is 40.4. The van der Waals surface area contributed by atoms with E-state index in [9.17, 15) is 10.5 Å². The van der Waals surface area contributed by atoms with Gasteiger partial charge in [0.2, 0.25) is 0 Å². The van der Waals surface area contributed by atoms with E-state index < -0.39 is 0 Å². The van der Waals surface area contributed by atoms with E-state index in [1.807, 2.05) is 146 Å².